The number of carbonyl (C=O) groups is 2. The standard InChI is InChI=1S/C19H27NO3/c1-13(2)15-11-10-14-6-5-7-17(16(14)12-15)20-18(21)8-3-4-9-19(22)23/h10-13,17H,3-9H2,1-2H3,(H,20,21)(H,22,23)/t17-/m1/s1. The lowest BCUT2D eigenvalue weighted by Gasteiger charge is -2.27. The van der Waals surface area contributed by atoms with Crippen molar-refractivity contribution < 1.29 is 14.7 Å². The topological polar surface area (TPSA) is 66.4 Å². The third kappa shape index (κ3) is 5.08. The number of hydrogen-bond acceptors (Lipinski definition) is 2. The fraction of sp³-hybridized carbons (Fsp3) is 0.579. The Bertz CT molecular complexity index is 566. The summed E-state index contributed by atoms with van der Waals surface area (Å²) in [5.41, 5.74) is 3.92. The molecule has 1 aliphatic carbocycles. The average molecular weight is 317 g/mol. The molecule has 4 nitrogen and oxygen atoms in total. The van der Waals surface area contributed by atoms with Crippen molar-refractivity contribution in [2.24, 2.45) is 0 Å². The van der Waals surface area contributed by atoms with Crippen LogP contribution in [-0.2, 0) is 16.0 Å². The van der Waals surface area contributed by atoms with E-state index in [4.69, 9.17) is 5.11 Å². The minimum absolute atomic E-state index is 0.0307. The van der Waals surface area contributed by atoms with Crippen molar-refractivity contribution in [3.05, 3.63) is 34.9 Å². The molecule has 1 amide bonds. The van der Waals surface area contributed by atoms with Crippen molar-refractivity contribution in [2.75, 3.05) is 0 Å². The number of nitrogens with one attached hydrogen (secondary N) is 1. The Balaban J connectivity index is 1.95. The summed E-state index contributed by atoms with van der Waals surface area (Å²) < 4.78 is 0. The highest BCUT2D eigenvalue weighted by Gasteiger charge is 2.22. The summed E-state index contributed by atoms with van der Waals surface area (Å²) in [4.78, 5) is 22.6. The van der Waals surface area contributed by atoms with Crippen molar-refractivity contribution in [1.29, 1.82) is 0 Å². The Labute approximate surface area is 138 Å². The molecule has 0 radical (unpaired) electrons. The van der Waals surface area contributed by atoms with Gasteiger partial charge in [0.25, 0.3) is 0 Å². The van der Waals surface area contributed by atoms with E-state index in [1.54, 1.807) is 0 Å². The number of aliphatic carboxylic acids is 1. The van der Waals surface area contributed by atoms with Crippen molar-refractivity contribution in [3.63, 3.8) is 0 Å². The molecular weight excluding hydrogens is 290 g/mol. The molecule has 23 heavy (non-hydrogen) atoms. The van der Waals surface area contributed by atoms with Gasteiger partial charge >= 0.3 is 5.97 Å². The Hall–Kier alpha value is -1.84. The van der Waals surface area contributed by atoms with Gasteiger partial charge in [0.15, 0.2) is 0 Å². The van der Waals surface area contributed by atoms with E-state index < -0.39 is 5.97 Å². The second-order valence-electron chi connectivity index (χ2n) is 6.73. The first-order valence-corrected chi connectivity index (χ1v) is 8.61. The number of aryl methyl sites for hydroxylation is 1. The number of rotatable bonds is 7. The average Bonchev–Trinajstić information content (AvgIpc) is 2.51. The molecule has 1 aromatic rings. The van der Waals surface area contributed by atoms with E-state index in [0.29, 0.717) is 25.2 Å². The number of unbranched alkanes of at least 4 members (excludes halogenated alkanes) is 1. The number of benzene rings is 1. The highest BCUT2D eigenvalue weighted by Crippen LogP contribution is 2.32. The molecule has 2 N–H and O–H groups in total. The van der Waals surface area contributed by atoms with Crippen LogP contribution < -0.4 is 5.32 Å². The largest absolute Gasteiger partial charge is 0.481 e. The molecule has 0 saturated carbocycles. The van der Waals surface area contributed by atoms with Crippen LogP contribution >= 0.6 is 0 Å². The molecule has 1 aliphatic rings. The molecule has 0 bridgehead atoms. The van der Waals surface area contributed by atoms with Gasteiger partial charge in [-0.25, -0.2) is 0 Å². The summed E-state index contributed by atoms with van der Waals surface area (Å²) in [6.07, 6.45) is 4.89. The van der Waals surface area contributed by atoms with Crippen LogP contribution in [0.2, 0.25) is 0 Å². The van der Waals surface area contributed by atoms with Gasteiger partial charge < -0.3 is 10.4 Å². The van der Waals surface area contributed by atoms with Gasteiger partial charge in [-0.1, -0.05) is 32.0 Å². The number of carbonyl (C=O) groups excluding carboxylic acids is 1. The lowest BCUT2D eigenvalue weighted by Crippen LogP contribution is -2.31. The van der Waals surface area contributed by atoms with Gasteiger partial charge in [-0.15, -0.1) is 0 Å². The number of amides is 1. The van der Waals surface area contributed by atoms with Crippen LogP contribution in [-0.4, -0.2) is 17.0 Å². The van der Waals surface area contributed by atoms with Crippen LogP contribution in [0.1, 0.15) is 81.0 Å². The van der Waals surface area contributed by atoms with E-state index >= 15 is 0 Å². The Kier molecular flexibility index (Phi) is 6.20. The number of carboxylic acids is 1. The maximum atomic E-state index is 12.1. The molecule has 126 valence electrons. The van der Waals surface area contributed by atoms with Gasteiger partial charge in [-0.3, -0.25) is 9.59 Å². The van der Waals surface area contributed by atoms with Crippen LogP contribution in [0.25, 0.3) is 0 Å². The zero-order chi connectivity index (χ0) is 16.8. The maximum Gasteiger partial charge on any atom is 0.303 e. The van der Waals surface area contributed by atoms with E-state index in [-0.39, 0.29) is 18.4 Å². The lowest BCUT2D eigenvalue weighted by molar-refractivity contribution is -0.137. The van der Waals surface area contributed by atoms with Crippen LogP contribution in [0, 0.1) is 0 Å². The second kappa shape index (κ2) is 8.14. The molecule has 0 spiro atoms. The van der Waals surface area contributed by atoms with Gasteiger partial charge in [-0.05, 0) is 54.7 Å². The molecule has 0 saturated heterocycles. The van der Waals surface area contributed by atoms with E-state index in [1.807, 2.05) is 0 Å². The molecule has 0 aliphatic heterocycles. The summed E-state index contributed by atoms with van der Waals surface area (Å²) in [6, 6.07) is 6.74. The number of hydrogen-bond donors (Lipinski definition) is 2. The number of fused-ring (bicyclic) bond motifs is 1. The fourth-order valence-electron chi connectivity index (χ4n) is 3.15. The number of carboxylic acid groups (broad SMARTS) is 1. The zero-order valence-electron chi connectivity index (χ0n) is 14.1. The van der Waals surface area contributed by atoms with Gasteiger partial charge in [0, 0.05) is 12.8 Å². The van der Waals surface area contributed by atoms with Gasteiger partial charge in [0.2, 0.25) is 5.91 Å². The van der Waals surface area contributed by atoms with Crippen molar-refractivity contribution in [1.82, 2.24) is 5.32 Å². The Morgan fingerprint density at radius 3 is 2.70 bits per heavy atom. The van der Waals surface area contributed by atoms with Crippen molar-refractivity contribution in [3.8, 4) is 0 Å². The highest BCUT2D eigenvalue weighted by atomic mass is 16.4. The molecular formula is C19H27NO3. The highest BCUT2D eigenvalue weighted by molar-refractivity contribution is 5.76. The summed E-state index contributed by atoms with van der Waals surface area (Å²) in [6.45, 7) is 4.36. The first kappa shape index (κ1) is 17.5. The summed E-state index contributed by atoms with van der Waals surface area (Å²) in [5.74, 6) is -0.286. The van der Waals surface area contributed by atoms with Crippen molar-refractivity contribution in [2.45, 2.75) is 70.8 Å². The van der Waals surface area contributed by atoms with Gasteiger partial charge in [-0.2, -0.15) is 0 Å². The fourth-order valence-corrected chi connectivity index (χ4v) is 3.15. The summed E-state index contributed by atoms with van der Waals surface area (Å²) >= 11 is 0. The Morgan fingerprint density at radius 2 is 2.00 bits per heavy atom. The predicted molar refractivity (Wildman–Crippen MR) is 90.5 cm³/mol. The van der Waals surface area contributed by atoms with Gasteiger partial charge in [0.1, 0.15) is 0 Å². The minimum Gasteiger partial charge on any atom is -0.481 e. The first-order chi connectivity index (χ1) is 11.0. The molecule has 2 rings (SSSR count). The quantitative estimate of drug-likeness (QED) is 0.748. The zero-order valence-corrected chi connectivity index (χ0v) is 14.1. The minimum atomic E-state index is -0.798. The van der Waals surface area contributed by atoms with Crippen LogP contribution in [0.5, 0.6) is 0 Å². The van der Waals surface area contributed by atoms with Gasteiger partial charge in [0.05, 0.1) is 6.04 Å². The molecule has 1 aromatic carbocycles. The molecule has 4 heteroatoms. The van der Waals surface area contributed by atoms with E-state index in [2.05, 4.69) is 37.4 Å². The lowest BCUT2D eigenvalue weighted by atomic mass is 9.85. The van der Waals surface area contributed by atoms with E-state index in [9.17, 15) is 9.59 Å². The van der Waals surface area contributed by atoms with Crippen LogP contribution in [0.4, 0.5) is 0 Å². The van der Waals surface area contributed by atoms with Crippen LogP contribution in [0.15, 0.2) is 18.2 Å². The third-order valence-corrected chi connectivity index (χ3v) is 4.53. The maximum absolute atomic E-state index is 12.1. The smallest absolute Gasteiger partial charge is 0.303 e. The van der Waals surface area contributed by atoms with Crippen LogP contribution in [0.3, 0.4) is 0 Å². The second-order valence-corrected chi connectivity index (χ2v) is 6.73. The monoisotopic (exact) mass is 317 g/mol. The molecule has 1 atom stereocenters. The first-order valence-electron chi connectivity index (χ1n) is 8.61. The molecule has 0 fully saturated rings. The Morgan fingerprint density at radius 1 is 1.26 bits per heavy atom. The SMILES string of the molecule is CC(C)c1ccc2c(c1)[C@H](NC(=O)CCCCC(=O)O)CCC2. The predicted octanol–water partition coefficient (Wildman–Crippen LogP) is 3.95. The summed E-state index contributed by atoms with van der Waals surface area (Å²) in [7, 11) is 0. The molecule has 0 aromatic heterocycles. The molecule has 0 heterocycles. The third-order valence-electron chi connectivity index (χ3n) is 4.53. The normalized spacial score (nSPS) is 16.9. The van der Waals surface area contributed by atoms with Crippen molar-refractivity contribution >= 4 is 11.9 Å². The van der Waals surface area contributed by atoms with E-state index in [1.165, 1.54) is 16.7 Å². The van der Waals surface area contributed by atoms with E-state index in [0.717, 1.165) is 19.3 Å². The summed E-state index contributed by atoms with van der Waals surface area (Å²) in [5, 5.41) is 11.8. The molecule has 0 unspecified atom stereocenters.